The van der Waals surface area contributed by atoms with Crippen molar-refractivity contribution in [2.75, 3.05) is 26.4 Å². The summed E-state index contributed by atoms with van der Waals surface area (Å²) in [6.07, 6.45) is 53.3. The second kappa shape index (κ2) is 60.0. The van der Waals surface area contributed by atoms with Crippen LogP contribution >= 0.6 is 0 Å². The molecule has 3 aliphatic rings. The van der Waals surface area contributed by atoms with Crippen molar-refractivity contribution in [2.45, 2.75) is 375 Å². The van der Waals surface area contributed by atoms with Crippen molar-refractivity contribution < 1.29 is 89.4 Å². The van der Waals surface area contributed by atoms with Gasteiger partial charge in [-0.2, -0.15) is 0 Å². The van der Waals surface area contributed by atoms with Gasteiger partial charge in [-0.3, -0.25) is 4.79 Å². The number of ether oxygens (including phenoxy) is 6. The molecule has 12 N–H and O–H groups in total. The Kier molecular flexibility index (Phi) is 54.5. The first kappa shape index (κ1) is 89.9. The molecule has 3 fully saturated rings. The van der Waals surface area contributed by atoms with Gasteiger partial charge in [0.15, 0.2) is 18.9 Å². The van der Waals surface area contributed by atoms with E-state index in [1.807, 2.05) is 0 Å². The maximum Gasteiger partial charge on any atom is 0.220 e. The average Bonchev–Trinajstić information content (AvgIpc) is 0.577. The molecule has 3 rings (SSSR count). The van der Waals surface area contributed by atoms with Gasteiger partial charge in [0.25, 0.3) is 0 Å². The predicted molar refractivity (Wildman–Crippen MR) is 392 cm³/mol. The highest BCUT2D eigenvalue weighted by Gasteiger charge is 2.54. The van der Waals surface area contributed by atoms with Crippen LogP contribution in [0.3, 0.4) is 0 Å². The number of allylic oxidation sites excluding steroid dienone is 16. The van der Waals surface area contributed by atoms with Crippen molar-refractivity contribution in [1.82, 2.24) is 5.32 Å². The fourth-order valence-corrected chi connectivity index (χ4v) is 12.7. The van der Waals surface area contributed by atoms with Gasteiger partial charge in [-0.25, -0.2) is 0 Å². The van der Waals surface area contributed by atoms with Crippen molar-refractivity contribution in [1.29, 1.82) is 0 Å². The number of carbonyl (C=O) groups excluding carboxylic acids is 1. The molecule has 0 bridgehead atoms. The highest BCUT2D eigenvalue weighted by molar-refractivity contribution is 5.76. The number of unbranched alkanes of at least 4 members (excludes halogenated alkanes) is 28. The topological polar surface area (TPSA) is 307 Å². The maximum atomic E-state index is 13.5. The number of nitrogens with one attached hydrogen (secondary N) is 1. The van der Waals surface area contributed by atoms with Crippen LogP contribution < -0.4 is 5.32 Å². The Hall–Kier alpha value is -3.29. The van der Waals surface area contributed by atoms with Crippen LogP contribution in [0.25, 0.3) is 0 Å². The van der Waals surface area contributed by atoms with E-state index in [9.17, 15) is 61.0 Å². The van der Waals surface area contributed by atoms with Gasteiger partial charge >= 0.3 is 0 Å². The molecule has 0 aromatic heterocycles. The quantitative estimate of drug-likeness (QED) is 0.0199. The van der Waals surface area contributed by atoms with Gasteiger partial charge in [0, 0.05) is 6.42 Å². The Balaban J connectivity index is 1.40. The molecule has 0 spiro atoms. The largest absolute Gasteiger partial charge is 0.394 e. The number of carbonyl (C=O) groups is 1. The highest BCUT2D eigenvalue weighted by Crippen LogP contribution is 2.33. The Morgan fingerprint density at radius 3 is 1.09 bits per heavy atom. The molecule has 17 unspecified atom stereocenters. The van der Waals surface area contributed by atoms with Gasteiger partial charge in [-0.15, -0.1) is 0 Å². The van der Waals surface area contributed by atoms with E-state index in [0.29, 0.717) is 12.8 Å². The van der Waals surface area contributed by atoms with E-state index in [-0.39, 0.29) is 18.9 Å². The number of aliphatic hydroxyl groups excluding tert-OH is 11. The molecule has 19 heteroatoms. The first-order chi connectivity index (χ1) is 48.3. The summed E-state index contributed by atoms with van der Waals surface area (Å²) < 4.78 is 34.5. The lowest BCUT2D eigenvalue weighted by Gasteiger charge is -2.48. The molecule has 19 nitrogen and oxygen atoms in total. The van der Waals surface area contributed by atoms with Crippen LogP contribution in [-0.4, -0.2) is 193 Å². The van der Waals surface area contributed by atoms with E-state index in [0.717, 1.165) is 116 Å². The van der Waals surface area contributed by atoms with Crippen LogP contribution in [0.2, 0.25) is 0 Å². The third-order valence-corrected chi connectivity index (χ3v) is 18.9. The summed E-state index contributed by atoms with van der Waals surface area (Å²) in [5.74, 6) is -0.259. The number of amides is 1. The molecule has 0 aromatic carbocycles. The molecule has 0 saturated carbocycles. The molecular formula is C80H139NO18. The van der Waals surface area contributed by atoms with Crippen molar-refractivity contribution in [3.63, 3.8) is 0 Å². The zero-order valence-corrected chi connectivity index (χ0v) is 60.9. The number of hydrogen-bond donors (Lipinski definition) is 12. The minimum absolute atomic E-state index is 0.243. The molecule has 0 aliphatic carbocycles. The van der Waals surface area contributed by atoms with Crippen molar-refractivity contribution >= 4 is 5.91 Å². The molecular weight excluding hydrogens is 1260 g/mol. The van der Waals surface area contributed by atoms with Gasteiger partial charge < -0.3 is 89.9 Å². The zero-order valence-electron chi connectivity index (χ0n) is 60.9. The monoisotopic (exact) mass is 1400 g/mol. The molecule has 1 amide bonds. The summed E-state index contributed by atoms with van der Waals surface area (Å²) in [4.78, 5) is 13.5. The van der Waals surface area contributed by atoms with E-state index < -0.39 is 124 Å². The first-order valence-corrected chi connectivity index (χ1v) is 39.0. The van der Waals surface area contributed by atoms with Gasteiger partial charge in [0.05, 0.1) is 38.6 Å². The van der Waals surface area contributed by atoms with Crippen LogP contribution in [0.4, 0.5) is 0 Å². The van der Waals surface area contributed by atoms with Crippen molar-refractivity contribution in [3.05, 3.63) is 97.2 Å². The SMILES string of the molecule is CC/C=C\C/C=C\C/C=C\C/C=C\C/C=C\C/C=C\C/C=C\C/C=C\CCCCCCCCC(=O)NC(COC1OC(CO)C(OC2OC(CO)C(OC3OC(CO)C(O)C(O)C3O)C(O)C2O)C(O)C1O)C(O)CCCCCCCCCCCCCCCCCCCCCCCCC. The van der Waals surface area contributed by atoms with Crippen LogP contribution in [0.15, 0.2) is 97.2 Å². The van der Waals surface area contributed by atoms with Gasteiger partial charge in [-0.1, -0.05) is 284 Å². The van der Waals surface area contributed by atoms with Crippen LogP contribution in [0.1, 0.15) is 271 Å². The number of hydrogen-bond acceptors (Lipinski definition) is 18. The summed E-state index contributed by atoms with van der Waals surface area (Å²) in [5.41, 5.74) is 0. The average molecular weight is 1400 g/mol. The van der Waals surface area contributed by atoms with E-state index in [4.69, 9.17) is 28.4 Å². The molecule has 99 heavy (non-hydrogen) atoms. The van der Waals surface area contributed by atoms with Crippen LogP contribution in [0.5, 0.6) is 0 Å². The molecule has 0 radical (unpaired) electrons. The molecule has 3 heterocycles. The Bertz CT molecular complexity index is 2170. The van der Waals surface area contributed by atoms with Gasteiger partial charge in [0.2, 0.25) is 5.91 Å². The fourth-order valence-electron chi connectivity index (χ4n) is 12.7. The molecule has 0 aromatic rings. The number of rotatable bonds is 60. The third kappa shape index (κ3) is 40.5. The molecule has 17 atom stereocenters. The van der Waals surface area contributed by atoms with E-state index in [1.54, 1.807) is 0 Å². The van der Waals surface area contributed by atoms with Crippen LogP contribution in [-0.2, 0) is 33.2 Å². The van der Waals surface area contributed by atoms with E-state index in [1.165, 1.54) is 122 Å². The summed E-state index contributed by atoms with van der Waals surface area (Å²) in [5, 5.41) is 121. The molecule has 3 saturated heterocycles. The summed E-state index contributed by atoms with van der Waals surface area (Å²) >= 11 is 0. The Morgan fingerprint density at radius 2 is 0.697 bits per heavy atom. The van der Waals surface area contributed by atoms with Gasteiger partial charge in [0.1, 0.15) is 73.2 Å². The highest BCUT2D eigenvalue weighted by atomic mass is 16.8. The lowest BCUT2D eigenvalue weighted by Crippen LogP contribution is -2.66. The minimum Gasteiger partial charge on any atom is -0.394 e. The second-order valence-corrected chi connectivity index (χ2v) is 27.4. The summed E-state index contributed by atoms with van der Waals surface area (Å²) in [7, 11) is 0. The first-order valence-electron chi connectivity index (χ1n) is 39.0. The zero-order chi connectivity index (χ0) is 71.8. The smallest absolute Gasteiger partial charge is 0.220 e. The molecule has 572 valence electrons. The lowest BCUT2D eigenvalue weighted by atomic mass is 9.96. The summed E-state index contributed by atoms with van der Waals surface area (Å²) in [6.45, 7) is 1.69. The van der Waals surface area contributed by atoms with Crippen LogP contribution in [0, 0.1) is 0 Å². The minimum atomic E-state index is -1.98. The number of aliphatic hydroxyl groups is 11. The fraction of sp³-hybridized carbons (Fsp3) is 0.787. The predicted octanol–water partition coefficient (Wildman–Crippen LogP) is 12.4. The normalized spacial score (nSPS) is 27.1. The van der Waals surface area contributed by atoms with E-state index >= 15 is 0 Å². The second-order valence-electron chi connectivity index (χ2n) is 27.4. The third-order valence-electron chi connectivity index (χ3n) is 18.9. The Morgan fingerprint density at radius 1 is 0.374 bits per heavy atom. The molecule has 3 aliphatic heterocycles. The van der Waals surface area contributed by atoms with E-state index in [2.05, 4.69) is 116 Å². The van der Waals surface area contributed by atoms with Crippen molar-refractivity contribution in [2.24, 2.45) is 0 Å². The standard InChI is InChI=1S/C80H139NO18/c1-3-5-7-9-11-13-15-17-19-21-23-25-27-28-29-30-31-32-33-34-36-38-40-42-44-46-48-50-52-54-56-58-68(86)81-63(64(85)57-55-53-51-49-47-45-43-41-39-37-35-26-24-22-20-18-16-14-12-10-8-6-4-2)62-94-78-74(92)71(89)76(66(60-83)96-78)99-80-75(93)72(90)77(67(61-84)97-80)98-79-73(91)70(88)69(87)65(59-82)95-79/h5,7,11,13,17,19,23,25,28-29,31-32,34,36,40,42,63-67,69-80,82-85,87-93H,3-4,6,8-10,12,14-16,18,20-22,24,26-27,30,33,35,37-39,41,43-62H2,1-2H3,(H,81,86)/b7-5-,13-11-,19-17-,25-23-,29-28-,32-31-,36-34-,42-40-. The van der Waals surface area contributed by atoms with Gasteiger partial charge in [-0.05, 0) is 77.0 Å². The Labute approximate surface area is 596 Å². The van der Waals surface area contributed by atoms with Crippen molar-refractivity contribution in [3.8, 4) is 0 Å². The lowest BCUT2D eigenvalue weighted by molar-refractivity contribution is -0.379. The maximum absolute atomic E-state index is 13.5. The summed E-state index contributed by atoms with van der Waals surface area (Å²) in [6, 6.07) is -0.904.